The van der Waals surface area contributed by atoms with Crippen molar-refractivity contribution < 1.29 is 17.9 Å². The van der Waals surface area contributed by atoms with Gasteiger partial charge in [0.2, 0.25) is 11.5 Å². The zero-order chi connectivity index (χ0) is 16.1. The standard InChI is InChI=1S/C13H12F3N5O/c1-12(2,3)22-10-9-19-20-11(13(14,15)16)21(9)8-7(18-10)5-4-6-17-8/h4-6H,1-3H3. The Morgan fingerprint density at radius 1 is 1.09 bits per heavy atom. The number of aromatic nitrogens is 5. The Morgan fingerprint density at radius 3 is 2.45 bits per heavy atom. The van der Waals surface area contributed by atoms with Gasteiger partial charge in [0.25, 0.3) is 5.88 Å². The molecule has 0 amide bonds. The molecule has 3 aromatic rings. The van der Waals surface area contributed by atoms with E-state index in [1.165, 1.54) is 6.20 Å². The first-order chi connectivity index (χ1) is 10.2. The molecule has 9 heteroatoms. The van der Waals surface area contributed by atoms with Crippen molar-refractivity contribution in [2.75, 3.05) is 0 Å². The van der Waals surface area contributed by atoms with E-state index in [0.29, 0.717) is 0 Å². The van der Waals surface area contributed by atoms with Gasteiger partial charge in [-0.05, 0) is 32.9 Å². The van der Waals surface area contributed by atoms with Gasteiger partial charge in [0.05, 0.1) is 0 Å². The van der Waals surface area contributed by atoms with Crippen LogP contribution in [-0.2, 0) is 6.18 Å². The van der Waals surface area contributed by atoms with E-state index in [4.69, 9.17) is 4.74 Å². The van der Waals surface area contributed by atoms with Crippen molar-refractivity contribution in [1.82, 2.24) is 24.6 Å². The minimum atomic E-state index is -4.66. The van der Waals surface area contributed by atoms with Gasteiger partial charge in [0.1, 0.15) is 11.1 Å². The third kappa shape index (κ3) is 2.42. The van der Waals surface area contributed by atoms with Crippen LogP contribution < -0.4 is 4.74 Å². The number of hydrogen-bond donors (Lipinski definition) is 0. The van der Waals surface area contributed by atoms with E-state index in [-0.39, 0.29) is 22.7 Å². The summed E-state index contributed by atoms with van der Waals surface area (Å²) in [6.07, 6.45) is -3.28. The summed E-state index contributed by atoms with van der Waals surface area (Å²) in [4.78, 5) is 8.17. The summed E-state index contributed by atoms with van der Waals surface area (Å²) in [5, 5.41) is 6.82. The van der Waals surface area contributed by atoms with Crippen LogP contribution in [-0.4, -0.2) is 30.2 Å². The predicted octanol–water partition coefficient (Wildman–Crippen LogP) is 2.87. The van der Waals surface area contributed by atoms with E-state index >= 15 is 0 Å². The molecule has 0 saturated heterocycles. The lowest BCUT2D eigenvalue weighted by Gasteiger charge is -2.20. The molecule has 0 aliphatic heterocycles. The summed E-state index contributed by atoms with van der Waals surface area (Å²) in [5.41, 5.74) is -0.475. The summed E-state index contributed by atoms with van der Waals surface area (Å²) < 4.78 is 45.9. The summed E-state index contributed by atoms with van der Waals surface area (Å²) in [6, 6.07) is 3.14. The topological polar surface area (TPSA) is 65.2 Å². The largest absolute Gasteiger partial charge is 0.469 e. The Balaban J connectivity index is 2.40. The SMILES string of the molecule is CC(C)(C)Oc1nc2cccnc2n2c(C(F)(F)F)nnc12. The minimum Gasteiger partial charge on any atom is -0.469 e. The van der Waals surface area contributed by atoms with E-state index < -0.39 is 17.6 Å². The van der Waals surface area contributed by atoms with Gasteiger partial charge < -0.3 is 4.74 Å². The fraction of sp³-hybridized carbons (Fsp3) is 0.385. The molecule has 0 saturated carbocycles. The normalized spacial score (nSPS) is 13.0. The van der Waals surface area contributed by atoms with E-state index in [1.807, 2.05) is 0 Å². The van der Waals surface area contributed by atoms with Crippen LogP contribution in [0.2, 0.25) is 0 Å². The highest BCUT2D eigenvalue weighted by atomic mass is 19.4. The smallest absolute Gasteiger partial charge is 0.452 e. The number of pyridine rings is 1. The number of nitrogens with zero attached hydrogens (tertiary/aromatic N) is 5. The van der Waals surface area contributed by atoms with Crippen LogP contribution in [0.25, 0.3) is 16.8 Å². The first kappa shape index (κ1) is 14.5. The van der Waals surface area contributed by atoms with E-state index in [0.717, 1.165) is 4.40 Å². The molecule has 0 aromatic carbocycles. The highest BCUT2D eigenvalue weighted by molar-refractivity contribution is 5.76. The van der Waals surface area contributed by atoms with Crippen LogP contribution in [0.15, 0.2) is 18.3 Å². The Kier molecular flexibility index (Phi) is 2.98. The zero-order valence-corrected chi connectivity index (χ0v) is 12.0. The first-order valence-corrected chi connectivity index (χ1v) is 6.43. The molecular weight excluding hydrogens is 299 g/mol. The lowest BCUT2D eigenvalue weighted by Crippen LogP contribution is -2.24. The van der Waals surface area contributed by atoms with Crippen LogP contribution in [0.4, 0.5) is 13.2 Å². The summed E-state index contributed by atoms with van der Waals surface area (Å²) in [6.45, 7) is 5.29. The highest BCUT2D eigenvalue weighted by Gasteiger charge is 2.38. The zero-order valence-electron chi connectivity index (χ0n) is 12.0. The maximum absolute atomic E-state index is 13.1. The summed E-state index contributed by atoms with van der Waals surface area (Å²) in [5.74, 6) is -1.18. The molecule has 0 atom stereocenters. The highest BCUT2D eigenvalue weighted by Crippen LogP contribution is 2.32. The molecule has 0 unspecified atom stereocenters. The van der Waals surface area contributed by atoms with Gasteiger partial charge in [-0.1, -0.05) is 0 Å². The second-order valence-corrected chi connectivity index (χ2v) is 5.66. The molecule has 0 bridgehead atoms. The second kappa shape index (κ2) is 4.52. The number of ether oxygens (including phenoxy) is 1. The molecule has 0 fully saturated rings. The molecule has 116 valence electrons. The quantitative estimate of drug-likeness (QED) is 0.691. The number of rotatable bonds is 1. The fourth-order valence-electron chi connectivity index (χ4n) is 1.97. The molecule has 0 N–H and O–H groups in total. The maximum atomic E-state index is 13.1. The number of alkyl halides is 3. The van der Waals surface area contributed by atoms with Gasteiger partial charge in [-0.15, -0.1) is 10.2 Å². The van der Waals surface area contributed by atoms with Crippen LogP contribution in [0.1, 0.15) is 26.6 Å². The Morgan fingerprint density at radius 2 is 1.82 bits per heavy atom. The molecular formula is C13H12F3N5O. The van der Waals surface area contributed by atoms with Gasteiger partial charge in [0, 0.05) is 6.20 Å². The minimum absolute atomic E-state index is 0.0176. The van der Waals surface area contributed by atoms with Crippen molar-refractivity contribution in [1.29, 1.82) is 0 Å². The number of hydrogen-bond acceptors (Lipinski definition) is 5. The second-order valence-electron chi connectivity index (χ2n) is 5.66. The first-order valence-electron chi connectivity index (χ1n) is 6.43. The van der Waals surface area contributed by atoms with Crippen LogP contribution in [0.3, 0.4) is 0 Å². The molecule has 22 heavy (non-hydrogen) atoms. The molecule has 6 nitrogen and oxygen atoms in total. The van der Waals surface area contributed by atoms with Gasteiger partial charge in [-0.3, -0.25) is 0 Å². The number of fused-ring (bicyclic) bond motifs is 3. The third-order valence-electron chi connectivity index (χ3n) is 2.71. The van der Waals surface area contributed by atoms with Crippen molar-refractivity contribution in [3.05, 3.63) is 24.2 Å². The monoisotopic (exact) mass is 311 g/mol. The van der Waals surface area contributed by atoms with Crippen molar-refractivity contribution in [3.63, 3.8) is 0 Å². The van der Waals surface area contributed by atoms with Crippen molar-refractivity contribution in [2.24, 2.45) is 0 Å². The molecule has 3 heterocycles. The Hall–Kier alpha value is -2.45. The lowest BCUT2D eigenvalue weighted by molar-refractivity contribution is -0.145. The Bertz CT molecular complexity index is 850. The molecule has 3 rings (SSSR count). The average Bonchev–Trinajstić information content (AvgIpc) is 2.82. The fourth-order valence-corrected chi connectivity index (χ4v) is 1.97. The summed E-state index contributed by atoms with van der Waals surface area (Å²) in [7, 11) is 0. The third-order valence-corrected chi connectivity index (χ3v) is 2.71. The van der Waals surface area contributed by atoms with E-state index in [9.17, 15) is 13.2 Å². The van der Waals surface area contributed by atoms with Crippen LogP contribution in [0, 0.1) is 0 Å². The molecule has 3 aromatic heterocycles. The van der Waals surface area contributed by atoms with Gasteiger partial charge in [0.15, 0.2) is 5.65 Å². The van der Waals surface area contributed by atoms with Gasteiger partial charge in [-0.2, -0.15) is 13.2 Å². The molecule has 0 aliphatic carbocycles. The molecule has 0 aliphatic rings. The molecule has 0 radical (unpaired) electrons. The maximum Gasteiger partial charge on any atom is 0.452 e. The molecule has 0 spiro atoms. The van der Waals surface area contributed by atoms with E-state index in [2.05, 4.69) is 20.2 Å². The van der Waals surface area contributed by atoms with Crippen LogP contribution >= 0.6 is 0 Å². The predicted molar refractivity (Wildman–Crippen MR) is 71.5 cm³/mol. The number of halogens is 3. The van der Waals surface area contributed by atoms with Gasteiger partial charge in [-0.25, -0.2) is 14.4 Å². The average molecular weight is 311 g/mol. The van der Waals surface area contributed by atoms with Crippen LogP contribution in [0.5, 0.6) is 5.88 Å². The summed E-state index contributed by atoms with van der Waals surface area (Å²) >= 11 is 0. The van der Waals surface area contributed by atoms with E-state index in [1.54, 1.807) is 32.9 Å². The van der Waals surface area contributed by atoms with Crippen molar-refractivity contribution in [2.45, 2.75) is 32.5 Å². The van der Waals surface area contributed by atoms with Crippen molar-refractivity contribution in [3.8, 4) is 5.88 Å². The van der Waals surface area contributed by atoms with Crippen molar-refractivity contribution >= 4 is 16.8 Å². The lowest BCUT2D eigenvalue weighted by atomic mass is 10.2. The van der Waals surface area contributed by atoms with Gasteiger partial charge >= 0.3 is 6.18 Å². The Labute approximate surface area is 123 Å².